The Balaban J connectivity index is 1.79. The average Bonchev–Trinajstić information content (AvgIpc) is 2.31. The van der Waals surface area contributed by atoms with Gasteiger partial charge >= 0.3 is 0 Å². The van der Waals surface area contributed by atoms with Gasteiger partial charge in [-0.05, 0) is 32.7 Å². The molecule has 3 heteroatoms. The molecule has 1 saturated carbocycles. The molecule has 0 aromatic rings. The van der Waals surface area contributed by atoms with E-state index in [4.69, 9.17) is 9.47 Å². The number of ether oxygens (including phenoxy) is 2. The second kappa shape index (κ2) is 5.83. The first-order valence-corrected chi connectivity index (χ1v) is 6.30. The van der Waals surface area contributed by atoms with Gasteiger partial charge in [0, 0.05) is 12.6 Å². The molecule has 2 fully saturated rings. The summed E-state index contributed by atoms with van der Waals surface area (Å²) in [6.45, 7) is 1.72. The highest BCUT2D eigenvalue weighted by atomic mass is 16.5. The molecule has 3 atom stereocenters. The summed E-state index contributed by atoms with van der Waals surface area (Å²) in [6.07, 6.45) is 8.21. The van der Waals surface area contributed by atoms with E-state index in [1.165, 1.54) is 32.1 Å². The molecular weight excluding hydrogens is 190 g/mol. The lowest BCUT2D eigenvalue weighted by Gasteiger charge is -2.35. The minimum Gasteiger partial charge on any atom is -0.379 e. The van der Waals surface area contributed by atoms with E-state index in [2.05, 4.69) is 5.32 Å². The van der Waals surface area contributed by atoms with Crippen LogP contribution in [-0.4, -0.2) is 38.5 Å². The molecule has 2 rings (SSSR count). The summed E-state index contributed by atoms with van der Waals surface area (Å²) in [4.78, 5) is 0. The Bertz CT molecular complexity index is 180. The van der Waals surface area contributed by atoms with Gasteiger partial charge in [0.25, 0.3) is 0 Å². The molecule has 1 aliphatic carbocycles. The number of hydrogen-bond acceptors (Lipinski definition) is 3. The van der Waals surface area contributed by atoms with Gasteiger partial charge in [0.2, 0.25) is 0 Å². The molecule has 3 unspecified atom stereocenters. The molecule has 88 valence electrons. The van der Waals surface area contributed by atoms with E-state index < -0.39 is 0 Å². The van der Waals surface area contributed by atoms with Crippen molar-refractivity contribution < 1.29 is 9.47 Å². The number of rotatable bonds is 3. The van der Waals surface area contributed by atoms with Gasteiger partial charge in [0.15, 0.2) is 0 Å². The van der Waals surface area contributed by atoms with Gasteiger partial charge in [-0.2, -0.15) is 0 Å². The summed E-state index contributed by atoms with van der Waals surface area (Å²) in [5.41, 5.74) is 0. The fraction of sp³-hybridized carbons (Fsp3) is 1.00. The van der Waals surface area contributed by atoms with Crippen molar-refractivity contribution >= 4 is 0 Å². The van der Waals surface area contributed by atoms with E-state index in [1.54, 1.807) is 0 Å². The largest absolute Gasteiger partial charge is 0.379 e. The van der Waals surface area contributed by atoms with Crippen LogP contribution in [0.15, 0.2) is 0 Å². The quantitative estimate of drug-likeness (QED) is 0.774. The second-order valence-corrected chi connectivity index (χ2v) is 4.69. The van der Waals surface area contributed by atoms with Crippen LogP contribution in [0.5, 0.6) is 0 Å². The summed E-state index contributed by atoms with van der Waals surface area (Å²) in [5, 5.41) is 3.38. The van der Waals surface area contributed by atoms with Crippen molar-refractivity contribution in [1.29, 1.82) is 0 Å². The van der Waals surface area contributed by atoms with Crippen LogP contribution in [0.2, 0.25) is 0 Å². The van der Waals surface area contributed by atoms with Crippen LogP contribution in [0.1, 0.15) is 38.5 Å². The zero-order chi connectivity index (χ0) is 10.5. The predicted molar refractivity (Wildman–Crippen MR) is 60.0 cm³/mol. The Hall–Kier alpha value is -0.120. The highest BCUT2D eigenvalue weighted by Crippen LogP contribution is 2.24. The summed E-state index contributed by atoms with van der Waals surface area (Å²) >= 11 is 0. The first kappa shape index (κ1) is 11.4. The van der Waals surface area contributed by atoms with E-state index in [0.717, 1.165) is 19.6 Å². The Morgan fingerprint density at radius 1 is 1.13 bits per heavy atom. The predicted octanol–water partition coefficient (Wildman–Crippen LogP) is 1.71. The lowest BCUT2D eigenvalue weighted by molar-refractivity contribution is -0.101. The minimum absolute atomic E-state index is 0.345. The molecule has 3 nitrogen and oxygen atoms in total. The maximum atomic E-state index is 6.15. The van der Waals surface area contributed by atoms with Crippen molar-refractivity contribution in [3.05, 3.63) is 0 Å². The summed E-state index contributed by atoms with van der Waals surface area (Å²) in [6, 6.07) is 0.556. The minimum atomic E-state index is 0.345. The monoisotopic (exact) mass is 213 g/mol. The van der Waals surface area contributed by atoms with E-state index in [-0.39, 0.29) is 0 Å². The second-order valence-electron chi connectivity index (χ2n) is 4.69. The fourth-order valence-corrected chi connectivity index (χ4v) is 2.66. The van der Waals surface area contributed by atoms with Gasteiger partial charge in [0.05, 0.1) is 18.8 Å². The molecule has 0 bridgehead atoms. The third-order valence-corrected chi connectivity index (χ3v) is 3.56. The Labute approximate surface area is 92.5 Å². The maximum Gasteiger partial charge on any atom is 0.0813 e. The average molecular weight is 213 g/mol. The zero-order valence-electron chi connectivity index (χ0n) is 9.71. The Morgan fingerprint density at radius 3 is 2.73 bits per heavy atom. The molecule has 0 radical (unpaired) electrons. The standard InChI is InChI=1S/C12H23NO2/c1-13-11-6-2-3-7-12(11)15-10-5-4-8-14-9-10/h10-13H,2-9H2,1H3. The van der Waals surface area contributed by atoms with Gasteiger partial charge in [-0.3, -0.25) is 0 Å². The molecule has 0 spiro atoms. The molecule has 1 heterocycles. The van der Waals surface area contributed by atoms with E-state index in [1.807, 2.05) is 7.05 Å². The van der Waals surface area contributed by atoms with Crippen LogP contribution in [0.4, 0.5) is 0 Å². The molecule has 1 aliphatic heterocycles. The molecule has 1 N–H and O–H groups in total. The van der Waals surface area contributed by atoms with Gasteiger partial charge < -0.3 is 14.8 Å². The molecule has 2 aliphatic rings. The first-order chi connectivity index (χ1) is 7.40. The molecule has 15 heavy (non-hydrogen) atoms. The summed E-state index contributed by atoms with van der Waals surface area (Å²) in [7, 11) is 2.05. The lowest BCUT2D eigenvalue weighted by Crippen LogP contribution is -2.44. The SMILES string of the molecule is CNC1CCCCC1OC1CCCOC1. The van der Waals surface area contributed by atoms with Crippen LogP contribution >= 0.6 is 0 Å². The van der Waals surface area contributed by atoms with Crippen LogP contribution < -0.4 is 5.32 Å². The van der Waals surface area contributed by atoms with Crippen molar-refractivity contribution in [2.75, 3.05) is 20.3 Å². The van der Waals surface area contributed by atoms with Gasteiger partial charge in [-0.25, -0.2) is 0 Å². The van der Waals surface area contributed by atoms with Crippen molar-refractivity contribution in [3.8, 4) is 0 Å². The maximum absolute atomic E-state index is 6.15. The van der Waals surface area contributed by atoms with Gasteiger partial charge in [-0.1, -0.05) is 12.8 Å². The normalized spacial score (nSPS) is 37.8. The van der Waals surface area contributed by atoms with Crippen molar-refractivity contribution in [3.63, 3.8) is 0 Å². The van der Waals surface area contributed by atoms with Crippen LogP contribution in [0.25, 0.3) is 0 Å². The number of likely N-dealkylation sites (N-methyl/N-ethyl adjacent to an activating group) is 1. The third kappa shape index (κ3) is 3.16. The zero-order valence-corrected chi connectivity index (χ0v) is 9.71. The number of nitrogens with one attached hydrogen (secondary N) is 1. The Kier molecular flexibility index (Phi) is 4.42. The van der Waals surface area contributed by atoms with Gasteiger partial charge in [0.1, 0.15) is 0 Å². The summed E-state index contributed by atoms with van der Waals surface area (Å²) in [5.74, 6) is 0. The van der Waals surface area contributed by atoms with Crippen molar-refractivity contribution in [1.82, 2.24) is 5.32 Å². The smallest absolute Gasteiger partial charge is 0.0813 e. The van der Waals surface area contributed by atoms with E-state index >= 15 is 0 Å². The highest BCUT2D eigenvalue weighted by molar-refractivity contribution is 4.82. The molecule has 0 aromatic carbocycles. The summed E-state index contributed by atoms with van der Waals surface area (Å²) < 4.78 is 11.6. The van der Waals surface area contributed by atoms with Crippen LogP contribution in [0.3, 0.4) is 0 Å². The first-order valence-electron chi connectivity index (χ1n) is 6.30. The van der Waals surface area contributed by atoms with E-state index in [0.29, 0.717) is 18.2 Å². The molecule has 0 amide bonds. The van der Waals surface area contributed by atoms with E-state index in [9.17, 15) is 0 Å². The topological polar surface area (TPSA) is 30.5 Å². The number of hydrogen-bond donors (Lipinski definition) is 1. The molecular formula is C12H23NO2. The molecule has 0 aromatic heterocycles. The lowest BCUT2D eigenvalue weighted by atomic mass is 9.92. The highest BCUT2D eigenvalue weighted by Gasteiger charge is 2.27. The third-order valence-electron chi connectivity index (χ3n) is 3.56. The fourth-order valence-electron chi connectivity index (χ4n) is 2.66. The Morgan fingerprint density at radius 2 is 2.00 bits per heavy atom. The molecule has 1 saturated heterocycles. The van der Waals surface area contributed by atoms with Gasteiger partial charge in [-0.15, -0.1) is 0 Å². The van der Waals surface area contributed by atoms with Crippen LogP contribution in [0, 0.1) is 0 Å². The van der Waals surface area contributed by atoms with Crippen LogP contribution in [-0.2, 0) is 9.47 Å². The van der Waals surface area contributed by atoms with Crippen molar-refractivity contribution in [2.24, 2.45) is 0 Å². The van der Waals surface area contributed by atoms with Crippen molar-refractivity contribution in [2.45, 2.75) is 56.8 Å².